The average Bonchev–Trinajstić information content (AvgIpc) is 3.09. The van der Waals surface area contributed by atoms with Crippen molar-refractivity contribution in [1.29, 1.82) is 0 Å². The van der Waals surface area contributed by atoms with E-state index in [-0.39, 0.29) is 0 Å². The number of rotatable bonds is 6. The van der Waals surface area contributed by atoms with Crippen LogP contribution >= 0.6 is 0 Å². The normalized spacial score (nSPS) is 10.8. The number of fused-ring (bicyclic) bond motifs is 1. The first kappa shape index (κ1) is 15.9. The predicted molar refractivity (Wildman–Crippen MR) is 103 cm³/mol. The summed E-state index contributed by atoms with van der Waals surface area (Å²) in [7, 11) is 0. The van der Waals surface area contributed by atoms with Crippen LogP contribution < -0.4 is 16.4 Å². The Morgan fingerprint density at radius 1 is 0.808 bits per heavy atom. The maximum absolute atomic E-state index is 5.92. The summed E-state index contributed by atoms with van der Waals surface area (Å²) < 4.78 is 1.66. The van der Waals surface area contributed by atoms with Gasteiger partial charge in [-0.1, -0.05) is 60.7 Å². The van der Waals surface area contributed by atoms with Gasteiger partial charge >= 0.3 is 0 Å². The first-order valence-corrected chi connectivity index (χ1v) is 8.37. The summed E-state index contributed by atoms with van der Waals surface area (Å²) in [6.07, 6.45) is 0. The van der Waals surface area contributed by atoms with Crippen molar-refractivity contribution < 1.29 is 0 Å². The average molecular weight is 345 g/mol. The van der Waals surface area contributed by atoms with Crippen LogP contribution in [0.1, 0.15) is 11.1 Å². The molecule has 0 saturated heterocycles. The molecule has 0 fully saturated rings. The first-order chi connectivity index (χ1) is 12.8. The van der Waals surface area contributed by atoms with Crippen molar-refractivity contribution in [3.05, 3.63) is 77.9 Å². The van der Waals surface area contributed by atoms with Crippen molar-refractivity contribution in [3.8, 4) is 0 Å². The molecule has 0 amide bonds. The maximum Gasteiger partial charge on any atom is 0.257 e. The largest absolute Gasteiger partial charge is 0.383 e. The number of nitrogens with zero attached hydrogens (tertiary/aromatic N) is 4. The lowest BCUT2D eigenvalue weighted by molar-refractivity contribution is 0.922. The van der Waals surface area contributed by atoms with Crippen LogP contribution in [-0.2, 0) is 13.1 Å². The van der Waals surface area contributed by atoms with Crippen molar-refractivity contribution in [3.63, 3.8) is 0 Å². The van der Waals surface area contributed by atoms with E-state index in [1.54, 1.807) is 10.6 Å². The molecular weight excluding hydrogens is 326 g/mol. The van der Waals surface area contributed by atoms with Crippen LogP contribution in [0.2, 0.25) is 0 Å². The second-order valence-corrected chi connectivity index (χ2v) is 5.89. The molecule has 0 saturated carbocycles. The van der Waals surface area contributed by atoms with Gasteiger partial charge in [-0.15, -0.1) is 5.10 Å². The molecule has 0 aliphatic heterocycles. The van der Waals surface area contributed by atoms with Gasteiger partial charge in [-0.2, -0.15) is 14.5 Å². The van der Waals surface area contributed by atoms with Gasteiger partial charge in [0.2, 0.25) is 5.95 Å². The topological polar surface area (TPSA) is 93.2 Å². The molecule has 0 atom stereocenters. The lowest BCUT2D eigenvalue weighted by atomic mass is 10.2. The van der Waals surface area contributed by atoms with Gasteiger partial charge in [0, 0.05) is 19.2 Å². The third-order valence-electron chi connectivity index (χ3n) is 3.94. The van der Waals surface area contributed by atoms with Gasteiger partial charge in [0.15, 0.2) is 0 Å². The minimum absolute atomic E-state index is 0.398. The fourth-order valence-corrected chi connectivity index (χ4v) is 2.65. The Balaban J connectivity index is 1.54. The van der Waals surface area contributed by atoms with Gasteiger partial charge in [0.1, 0.15) is 11.6 Å². The monoisotopic (exact) mass is 345 g/mol. The van der Waals surface area contributed by atoms with Crippen LogP contribution in [0.25, 0.3) is 5.78 Å². The molecule has 0 aliphatic carbocycles. The van der Waals surface area contributed by atoms with Crippen LogP contribution in [0.3, 0.4) is 0 Å². The molecule has 2 aromatic carbocycles. The summed E-state index contributed by atoms with van der Waals surface area (Å²) in [5, 5.41) is 11.1. The summed E-state index contributed by atoms with van der Waals surface area (Å²) in [5.74, 6) is 2.11. The highest BCUT2D eigenvalue weighted by atomic mass is 15.4. The fraction of sp³-hybridized carbons (Fsp3) is 0.105. The van der Waals surface area contributed by atoms with E-state index in [2.05, 4.69) is 37.8 Å². The molecule has 0 aliphatic rings. The van der Waals surface area contributed by atoms with Gasteiger partial charge in [-0.25, -0.2) is 0 Å². The molecule has 26 heavy (non-hydrogen) atoms. The molecular formula is C19H19N7. The van der Waals surface area contributed by atoms with Crippen molar-refractivity contribution in [2.75, 3.05) is 16.4 Å². The van der Waals surface area contributed by atoms with Crippen LogP contribution in [0.5, 0.6) is 0 Å². The Morgan fingerprint density at radius 3 is 2.08 bits per heavy atom. The third-order valence-corrected chi connectivity index (χ3v) is 3.94. The van der Waals surface area contributed by atoms with E-state index < -0.39 is 0 Å². The molecule has 4 aromatic rings. The molecule has 4 N–H and O–H groups in total. The number of aromatic nitrogens is 4. The van der Waals surface area contributed by atoms with Crippen molar-refractivity contribution >= 4 is 23.4 Å². The molecule has 0 radical (unpaired) electrons. The van der Waals surface area contributed by atoms with Gasteiger partial charge in [0.25, 0.3) is 5.78 Å². The quantitative estimate of drug-likeness (QED) is 0.497. The minimum Gasteiger partial charge on any atom is -0.383 e. The van der Waals surface area contributed by atoms with Crippen LogP contribution in [-0.4, -0.2) is 19.6 Å². The number of hydrogen-bond acceptors (Lipinski definition) is 6. The maximum atomic E-state index is 5.92. The Kier molecular flexibility index (Phi) is 4.34. The highest BCUT2D eigenvalue weighted by Gasteiger charge is 2.10. The summed E-state index contributed by atoms with van der Waals surface area (Å²) >= 11 is 0. The lowest BCUT2D eigenvalue weighted by Gasteiger charge is -2.08. The SMILES string of the molecule is Nc1cc(NCc2ccccc2)n2nc(NCc3ccccc3)nc2n1. The van der Waals surface area contributed by atoms with Crippen molar-refractivity contribution in [1.82, 2.24) is 19.6 Å². The molecule has 0 unspecified atom stereocenters. The number of nitrogens with one attached hydrogen (secondary N) is 2. The number of hydrogen-bond donors (Lipinski definition) is 3. The van der Waals surface area contributed by atoms with Gasteiger partial charge in [-0.05, 0) is 11.1 Å². The van der Waals surface area contributed by atoms with E-state index in [9.17, 15) is 0 Å². The number of nitrogen functional groups attached to an aromatic ring is 1. The molecule has 7 heteroatoms. The minimum atomic E-state index is 0.398. The van der Waals surface area contributed by atoms with Crippen molar-refractivity contribution in [2.24, 2.45) is 0 Å². The zero-order chi connectivity index (χ0) is 17.8. The number of benzene rings is 2. The van der Waals surface area contributed by atoms with E-state index in [0.29, 0.717) is 30.6 Å². The van der Waals surface area contributed by atoms with E-state index in [1.165, 1.54) is 5.56 Å². The Labute approximate surface area is 150 Å². The summed E-state index contributed by atoms with van der Waals surface area (Å²) in [4.78, 5) is 8.67. The molecule has 0 bridgehead atoms. The smallest absolute Gasteiger partial charge is 0.257 e. The third kappa shape index (κ3) is 3.56. The lowest BCUT2D eigenvalue weighted by Crippen LogP contribution is -2.07. The van der Waals surface area contributed by atoms with Crippen LogP contribution in [0, 0.1) is 0 Å². The Bertz CT molecular complexity index is 997. The second-order valence-electron chi connectivity index (χ2n) is 5.89. The van der Waals surface area contributed by atoms with Gasteiger partial charge in [0.05, 0.1) is 0 Å². The molecule has 4 rings (SSSR count). The van der Waals surface area contributed by atoms with Crippen LogP contribution in [0.15, 0.2) is 66.7 Å². The van der Waals surface area contributed by atoms with E-state index in [0.717, 1.165) is 11.4 Å². The standard InChI is InChI=1S/C19H19N7/c20-16-11-17(21-12-14-7-3-1-4-8-14)26-19(23-16)24-18(25-26)22-13-15-9-5-2-6-10-15/h1-11,21H,12-13H2,(H3,20,22,23,24,25). The Morgan fingerprint density at radius 2 is 1.42 bits per heavy atom. The summed E-state index contributed by atoms with van der Waals surface area (Å²) in [6, 6.07) is 22.0. The first-order valence-electron chi connectivity index (χ1n) is 8.37. The summed E-state index contributed by atoms with van der Waals surface area (Å²) in [5.41, 5.74) is 8.23. The molecule has 2 heterocycles. The van der Waals surface area contributed by atoms with Crippen LogP contribution in [0.4, 0.5) is 17.6 Å². The molecule has 130 valence electrons. The zero-order valence-corrected chi connectivity index (χ0v) is 14.1. The zero-order valence-electron chi connectivity index (χ0n) is 14.1. The highest BCUT2D eigenvalue weighted by molar-refractivity contribution is 5.54. The summed E-state index contributed by atoms with van der Waals surface area (Å²) in [6.45, 7) is 1.30. The molecule has 0 spiro atoms. The fourth-order valence-electron chi connectivity index (χ4n) is 2.65. The highest BCUT2D eigenvalue weighted by Crippen LogP contribution is 2.16. The Hall–Kier alpha value is -3.61. The number of nitrogens with two attached hydrogens (primary N) is 1. The van der Waals surface area contributed by atoms with E-state index in [1.807, 2.05) is 48.5 Å². The van der Waals surface area contributed by atoms with Gasteiger partial charge in [-0.3, -0.25) is 0 Å². The van der Waals surface area contributed by atoms with E-state index >= 15 is 0 Å². The van der Waals surface area contributed by atoms with E-state index in [4.69, 9.17) is 5.73 Å². The number of anilines is 3. The van der Waals surface area contributed by atoms with Gasteiger partial charge < -0.3 is 16.4 Å². The molecule has 7 nitrogen and oxygen atoms in total. The second kappa shape index (κ2) is 7.10. The molecule has 2 aromatic heterocycles. The van der Waals surface area contributed by atoms with Crippen molar-refractivity contribution in [2.45, 2.75) is 13.1 Å². The predicted octanol–water partition coefficient (Wildman–Crippen LogP) is 2.93.